The molecule has 0 saturated heterocycles. The van der Waals surface area contributed by atoms with Gasteiger partial charge in [-0.25, -0.2) is 0 Å². The van der Waals surface area contributed by atoms with E-state index in [0.717, 1.165) is 18.8 Å². The van der Waals surface area contributed by atoms with E-state index in [2.05, 4.69) is 67.3 Å². The highest BCUT2D eigenvalue weighted by atomic mass is 35.5. The molecule has 0 aliphatic heterocycles. The lowest BCUT2D eigenvalue weighted by Gasteiger charge is -2.20. The van der Waals surface area contributed by atoms with Gasteiger partial charge in [-0.3, -0.25) is 0 Å². The normalized spacial score (nSPS) is 10.5. The lowest BCUT2D eigenvalue weighted by Crippen LogP contribution is -2.26. The third-order valence-corrected chi connectivity index (χ3v) is 4.18. The maximum atomic E-state index is 5.88. The minimum Gasteiger partial charge on any atom is -0.494 e. The van der Waals surface area contributed by atoms with Crippen LogP contribution < -0.4 is 4.74 Å². The number of hydrogen-bond acceptors (Lipinski definition) is 2. The first-order valence-corrected chi connectivity index (χ1v) is 9.34. The number of benzene rings is 2. The highest BCUT2D eigenvalue weighted by molar-refractivity contribution is 5.85. The van der Waals surface area contributed by atoms with E-state index in [1.807, 2.05) is 6.07 Å². The van der Waals surface area contributed by atoms with Crippen LogP contribution in [0, 0.1) is 0 Å². The molecule has 0 bridgehead atoms. The van der Waals surface area contributed by atoms with Crippen molar-refractivity contribution >= 4 is 12.4 Å². The predicted molar refractivity (Wildman–Crippen MR) is 111 cm³/mol. The Balaban J connectivity index is 0.00000312. The van der Waals surface area contributed by atoms with Crippen LogP contribution in [0.5, 0.6) is 5.75 Å². The summed E-state index contributed by atoms with van der Waals surface area (Å²) < 4.78 is 5.88. The Hall–Kier alpha value is -1.51. The van der Waals surface area contributed by atoms with Crippen LogP contribution in [0.2, 0.25) is 0 Å². The molecular weight excluding hydrogens is 330 g/mol. The number of hydrogen-bond donors (Lipinski definition) is 0. The molecule has 0 atom stereocenters. The van der Waals surface area contributed by atoms with Crippen LogP contribution in [-0.2, 0) is 0 Å². The van der Waals surface area contributed by atoms with Crippen molar-refractivity contribution in [1.82, 2.24) is 4.90 Å². The van der Waals surface area contributed by atoms with Crippen molar-refractivity contribution in [3.63, 3.8) is 0 Å². The molecule has 0 heterocycles. The van der Waals surface area contributed by atoms with Gasteiger partial charge in [0.15, 0.2) is 0 Å². The zero-order chi connectivity index (χ0) is 17.0. The van der Waals surface area contributed by atoms with Crippen LogP contribution >= 0.6 is 12.4 Å². The van der Waals surface area contributed by atoms with Gasteiger partial charge in [0.05, 0.1) is 6.61 Å². The van der Waals surface area contributed by atoms with Crippen LogP contribution in [0.25, 0.3) is 11.1 Å². The molecule has 0 N–H and O–H groups in total. The molecule has 0 fully saturated rings. The van der Waals surface area contributed by atoms with E-state index in [-0.39, 0.29) is 12.4 Å². The van der Waals surface area contributed by atoms with E-state index in [9.17, 15) is 0 Å². The van der Waals surface area contributed by atoms with E-state index < -0.39 is 0 Å². The molecule has 0 radical (unpaired) electrons. The van der Waals surface area contributed by atoms with E-state index in [0.29, 0.717) is 0 Å². The summed E-state index contributed by atoms with van der Waals surface area (Å²) >= 11 is 0. The zero-order valence-electron chi connectivity index (χ0n) is 15.6. The standard InChI is InChI=1S/C22H31NO.ClH/c1-3-16-23(17-4-2)18-8-9-19-24-22-14-12-21(13-15-22)20-10-6-5-7-11-20;/h5-7,10-15H,3-4,8-9,16-19H2,1-2H3;1H. The SMILES string of the molecule is CCCN(CCC)CCCCOc1ccc(-c2ccccc2)cc1.Cl. The molecule has 2 nitrogen and oxygen atoms in total. The van der Waals surface area contributed by atoms with Gasteiger partial charge < -0.3 is 9.64 Å². The lowest BCUT2D eigenvalue weighted by atomic mass is 10.1. The van der Waals surface area contributed by atoms with E-state index >= 15 is 0 Å². The summed E-state index contributed by atoms with van der Waals surface area (Å²) in [6, 6.07) is 18.9. The number of unbranched alkanes of at least 4 members (excludes halogenated alkanes) is 1. The zero-order valence-corrected chi connectivity index (χ0v) is 16.4. The van der Waals surface area contributed by atoms with Crippen molar-refractivity contribution in [3.05, 3.63) is 54.6 Å². The molecule has 0 aliphatic carbocycles. The summed E-state index contributed by atoms with van der Waals surface area (Å²) in [5, 5.41) is 0. The molecule has 2 rings (SSSR count). The summed E-state index contributed by atoms with van der Waals surface area (Å²) in [7, 11) is 0. The topological polar surface area (TPSA) is 12.5 Å². The Kier molecular flexibility index (Phi) is 11.0. The fourth-order valence-electron chi connectivity index (χ4n) is 2.97. The van der Waals surface area contributed by atoms with E-state index in [1.54, 1.807) is 0 Å². The molecular formula is C22H32ClNO. The quantitative estimate of drug-likeness (QED) is 0.451. The molecule has 138 valence electrons. The molecule has 0 amide bonds. The largest absolute Gasteiger partial charge is 0.494 e. The highest BCUT2D eigenvalue weighted by Gasteiger charge is 2.02. The van der Waals surface area contributed by atoms with Gasteiger partial charge in [-0.2, -0.15) is 0 Å². The first kappa shape index (κ1) is 21.5. The third-order valence-electron chi connectivity index (χ3n) is 4.18. The van der Waals surface area contributed by atoms with Crippen LogP contribution in [0.3, 0.4) is 0 Å². The molecule has 3 heteroatoms. The van der Waals surface area contributed by atoms with Crippen LogP contribution in [0.4, 0.5) is 0 Å². The Morgan fingerprint density at radius 2 is 1.32 bits per heavy atom. The predicted octanol–water partition coefficient (Wildman–Crippen LogP) is 6.06. The van der Waals surface area contributed by atoms with Gasteiger partial charge >= 0.3 is 0 Å². The first-order valence-electron chi connectivity index (χ1n) is 9.34. The van der Waals surface area contributed by atoms with Gasteiger partial charge in [0.2, 0.25) is 0 Å². The number of ether oxygens (including phenoxy) is 1. The van der Waals surface area contributed by atoms with Gasteiger partial charge in [-0.1, -0.05) is 56.3 Å². The summed E-state index contributed by atoms with van der Waals surface area (Å²) in [4.78, 5) is 2.56. The van der Waals surface area contributed by atoms with Crippen LogP contribution in [0.15, 0.2) is 54.6 Å². The smallest absolute Gasteiger partial charge is 0.119 e. The molecule has 0 aliphatic rings. The molecule has 0 unspecified atom stereocenters. The molecule has 0 saturated carbocycles. The average molecular weight is 362 g/mol. The minimum absolute atomic E-state index is 0. The Morgan fingerprint density at radius 3 is 1.92 bits per heavy atom. The maximum Gasteiger partial charge on any atom is 0.119 e. The van der Waals surface area contributed by atoms with Gasteiger partial charge in [-0.05, 0) is 68.6 Å². The van der Waals surface area contributed by atoms with Gasteiger partial charge in [0.1, 0.15) is 5.75 Å². The average Bonchev–Trinajstić information content (AvgIpc) is 2.63. The number of rotatable bonds is 11. The molecule has 0 spiro atoms. The first-order chi connectivity index (χ1) is 11.8. The Bertz CT molecular complexity index is 550. The van der Waals surface area contributed by atoms with Gasteiger partial charge in [0, 0.05) is 0 Å². The van der Waals surface area contributed by atoms with Crippen LogP contribution in [0.1, 0.15) is 39.5 Å². The second kappa shape index (κ2) is 12.8. The number of halogens is 1. The Labute approximate surface area is 159 Å². The highest BCUT2D eigenvalue weighted by Crippen LogP contribution is 2.22. The molecule has 2 aromatic rings. The van der Waals surface area contributed by atoms with Crippen molar-refractivity contribution in [2.75, 3.05) is 26.2 Å². The summed E-state index contributed by atoms with van der Waals surface area (Å²) in [6.07, 6.45) is 4.81. The van der Waals surface area contributed by atoms with Gasteiger partial charge in [-0.15, -0.1) is 12.4 Å². The van der Waals surface area contributed by atoms with Crippen LogP contribution in [-0.4, -0.2) is 31.1 Å². The maximum absolute atomic E-state index is 5.88. The van der Waals surface area contributed by atoms with Crippen molar-refractivity contribution < 1.29 is 4.74 Å². The van der Waals surface area contributed by atoms with Gasteiger partial charge in [0.25, 0.3) is 0 Å². The summed E-state index contributed by atoms with van der Waals surface area (Å²) in [5.41, 5.74) is 2.48. The number of nitrogens with zero attached hydrogens (tertiary/aromatic N) is 1. The van der Waals surface area contributed by atoms with Crippen molar-refractivity contribution in [2.24, 2.45) is 0 Å². The molecule has 0 aromatic heterocycles. The van der Waals surface area contributed by atoms with Crippen molar-refractivity contribution in [3.8, 4) is 16.9 Å². The van der Waals surface area contributed by atoms with E-state index in [4.69, 9.17) is 4.74 Å². The van der Waals surface area contributed by atoms with Crippen molar-refractivity contribution in [2.45, 2.75) is 39.5 Å². The third kappa shape index (κ3) is 7.94. The minimum atomic E-state index is 0. The Morgan fingerprint density at radius 1 is 0.720 bits per heavy atom. The monoisotopic (exact) mass is 361 g/mol. The molecule has 2 aromatic carbocycles. The molecule has 25 heavy (non-hydrogen) atoms. The summed E-state index contributed by atoms with van der Waals surface area (Å²) in [5.74, 6) is 0.966. The second-order valence-corrected chi connectivity index (χ2v) is 6.29. The second-order valence-electron chi connectivity index (χ2n) is 6.29. The summed E-state index contributed by atoms with van der Waals surface area (Å²) in [6.45, 7) is 8.94. The fraction of sp³-hybridized carbons (Fsp3) is 0.455. The lowest BCUT2D eigenvalue weighted by molar-refractivity contribution is 0.250. The fourth-order valence-corrected chi connectivity index (χ4v) is 2.97. The van der Waals surface area contributed by atoms with Crippen molar-refractivity contribution in [1.29, 1.82) is 0 Å². The van der Waals surface area contributed by atoms with E-state index in [1.165, 1.54) is 50.0 Å².